The van der Waals surface area contributed by atoms with Gasteiger partial charge in [0.05, 0.1) is 12.7 Å². The van der Waals surface area contributed by atoms with Gasteiger partial charge in [-0.3, -0.25) is 0 Å². The molecule has 0 heterocycles. The van der Waals surface area contributed by atoms with E-state index < -0.39 is 34.6 Å². The Bertz CT molecular complexity index is 971. The summed E-state index contributed by atoms with van der Waals surface area (Å²) in [6, 6.07) is 12.5. The third-order valence-electron chi connectivity index (χ3n) is 3.80. The van der Waals surface area contributed by atoms with E-state index in [4.69, 9.17) is 14.2 Å². The minimum absolute atomic E-state index is 0.0370. The van der Waals surface area contributed by atoms with Crippen molar-refractivity contribution in [3.05, 3.63) is 83.9 Å². The second-order valence-electron chi connectivity index (χ2n) is 5.55. The van der Waals surface area contributed by atoms with Gasteiger partial charge in [-0.05, 0) is 48.5 Å². The molecule has 0 N–H and O–H groups in total. The van der Waals surface area contributed by atoms with Crippen molar-refractivity contribution in [1.29, 1.82) is 0 Å². The molecule has 0 aliphatic carbocycles. The summed E-state index contributed by atoms with van der Waals surface area (Å²) >= 11 is 0. The summed E-state index contributed by atoms with van der Waals surface area (Å²) in [5.74, 6) is -6.04. The van der Waals surface area contributed by atoms with E-state index >= 15 is 0 Å². The monoisotopic (exact) mass is 390 g/mol. The predicted molar refractivity (Wildman–Crippen MR) is 95.9 cm³/mol. The molecule has 0 saturated heterocycles. The van der Waals surface area contributed by atoms with Crippen molar-refractivity contribution in [3.63, 3.8) is 0 Å². The Hall–Kier alpha value is -3.48. The molecule has 0 spiro atoms. The lowest BCUT2D eigenvalue weighted by molar-refractivity contribution is 0.364. The Kier molecular flexibility index (Phi) is 5.54. The molecule has 3 nitrogen and oxygen atoms in total. The Morgan fingerprint density at radius 3 is 1.43 bits per heavy atom. The first-order chi connectivity index (χ1) is 13.4. The molecule has 0 saturated carbocycles. The second kappa shape index (κ2) is 8.04. The van der Waals surface area contributed by atoms with Crippen molar-refractivity contribution < 1.29 is 31.8 Å². The first kappa shape index (κ1) is 19.3. The van der Waals surface area contributed by atoms with Gasteiger partial charge in [0.2, 0.25) is 17.4 Å². The molecular formula is C21H14F4O3. The van der Waals surface area contributed by atoms with E-state index in [1.54, 1.807) is 31.4 Å². The summed E-state index contributed by atoms with van der Waals surface area (Å²) in [6.07, 6.45) is 0.686. The van der Waals surface area contributed by atoms with E-state index in [2.05, 4.69) is 6.58 Å². The van der Waals surface area contributed by atoms with Crippen molar-refractivity contribution in [1.82, 2.24) is 0 Å². The van der Waals surface area contributed by atoms with Gasteiger partial charge >= 0.3 is 0 Å². The number of methoxy groups -OCH3 is 1. The van der Waals surface area contributed by atoms with E-state index in [9.17, 15) is 17.6 Å². The predicted octanol–water partition coefficient (Wildman–Crippen LogP) is 6.48. The standard InChI is InChI=1S/C21H14F4O3/c1-3-16-17(22)19(24)21(20(25)18(16)23)28-15-10-8-14(9-11-15)27-13-6-4-12(26-2)5-7-13/h3-11H,1H2,2H3. The normalized spacial score (nSPS) is 10.5. The number of benzene rings is 3. The maximum absolute atomic E-state index is 14.0. The van der Waals surface area contributed by atoms with Crippen LogP contribution in [0.1, 0.15) is 5.56 Å². The summed E-state index contributed by atoms with van der Waals surface area (Å²) in [5.41, 5.74) is -0.898. The molecule has 0 aromatic heterocycles. The van der Waals surface area contributed by atoms with Gasteiger partial charge in [-0.2, -0.15) is 8.78 Å². The Morgan fingerprint density at radius 1 is 0.643 bits per heavy atom. The van der Waals surface area contributed by atoms with Crippen LogP contribution in [0.15, 0.2) is 55.1 Å². The molecule has 0 atom stereocenters. The molecule has 3 aromatic rings. The molecule has 144 valence electrons. The van der Waals surface area contributed by atoms with Crippen LogP contribution in [-0.4, -0.2) is 7.11 Å². The number of hydrogen-bond donors (Lipinski definition) is 0. The van der Waals surface area contributed by atoms with Gasteiger partial charge in [-0.15, -0.1) is 0 Å². The van der Waals surface area contributed by atoms with Gasteiger partial charge in [-0.1, -0.05) is 12.7 Å². The number of hydrogen-bond acceptors (Lipinski definition) is 3. The van der Waals surface area contributed by atoms with Crippen LogP contribution in [0.4, 0.5) is 17.6 Å². The molecule has 0 bridgehead atoms. The summed E-state index contributed by atoms with van der Waals surface area (Å²) < 4.78 is 71.3. The Balaban J connectivity index is 1.80. The van der Waals surface area contributed by atoms with Crippen molar-refractivity contribution in [2.45, 2.75) is 0 Å². The molecule has 0 aliphatic heterocycles. The summed E-state index contributed by atoms with van der Waals surface area (Å²) in [4.78, 5) is 0. The van der Waals surface area contributed by atoms with Crippen molar-refractivity contribution >= 4 is 6.08 Å². The zero-order valence-corrected chi connectivity index (χ0v) is 14.6. The molecule has 0 radical (unpaired) electrons. The second-order valence-corrected chi connectivity index (χ2v) is 5.55. The van der Waals surface area contributed by atoms with E-state index in [0.29, 0.717) is 23.3 Å². The first-order valence-corrected chi connectivity index (χ1v) is 8.02. The molecule has 28 heavy (non-hydrogen) atoms. The summed E-state index contributed by atoms with van der Waals surface area (Å²) in [6.45, 7) is 3.13. The maximum Gasteiger partial charge on any atom is 0.205 e. The van der Waals surface area contributed by atoms with E-state index in [-0.39, 0.29) is 5.75 Å². The van der Waals surface area contributed by atoms with Crippen LogP contribution in [0, 0.1) is 23.3 Å². The highest BCUT2D eigenvalue weighted by Crippen LogP contribution is 2.34. The van der Waals surface area contributed by atoms with Crippen molar-refractivity contribution in [2.75, 3.05) is 7.11 Å². The minimum atomic E-state index is -1.65. The lowest BCUT2D eigenvalue weighted by atomic mass is 10.1. The molecule has 3 aromatic carbocycles. The van der Waals surface area contributed by atoms with Crippen LogP contribution in [0.3, 0.4) is 0 Å². The van der Waals surface area contributed by atoms with Gasteiger partial charge in [-0.25, -0.2) is 8.78 Å². The molecule has 0 unspecified atom stereocenters. The molecule has 3 rings (SSSR count). The first-order valence-electron chi connectivity index (χ1n) is 8.02. The zero-order chi connectivity index (χ0) is 20.3. The molecule has 7 heteroatoms. The SMILES string of the molecule is C=Cc1c(F)c(F)c(Oc2ccc(Oc3ccc(OC)cc3)cc2)c(F)c1F. The fourth-order valence-corrected chi connectivity index (χ4v) is 2.37. The van der Waals surface area contributed by atoms with E-state index in [1.165, 1.54) is 24.3 Å². The number of ether oxygens (including phenoxy) is 3. The highest BCUT2D eigenvalue weighted by atomic mass is 19.2. The fraction of sp³-hybridized carbons (Fsp3) is 0.0476. The molecule has 0 amide bonds. The highest BCUT2D eigenvalue weighted by molar-refractivity contribution is 5.52. The number of halogens is 4. The maximum atomic E-state index is 14.0. The average molecular weight is 390 g/mol. The third kappa shape index (κ3) is 3.78. The summed E-state index contributed by atoms with van der Waals surface area (Å²) in [5, 5.41) is 0. The lowest BCUT2D eigenvalue weighted by Gasteiger charge is -2.12. The van der Waals surface area contributed by atoms with Crippen LogP contribution in [-0.2, 0) is 0 Å². The summed E-state index contributed by atoms with van der Waals surface area (Å²) in [7, 11) is 1.54. The molecule has 0 aliphatic rings. The largest absolute Gasteiger partial charge is 0.497 e. The van der Waals surface area contributed by atoms with Crippen LogP contribution >= 0.6 is 0 Å². The quantitative estimate of drug-likeness (QED) is 0.356. The topological polar surface area (TPSA) is 27.7 Å². The Morgan fingerprint density at radius 2 is 1.04 bits per heavy atom. The fourth-order valence-electron chi connectivity index (χ4n) is 2.37. The Labute approximate surface area is 158 Å². The smallest absolute Gasteiger partial charge is 0.205 e. The molecule has 0 fully saturated rings. The van der Waals surface area contributed by atoms with E-state index in [0.717, 1.165) is 0 Å². The van der Waals surface area contributed by atoms with Gasteiger partial charge in [0.1, 0.15) is 23.0 Å². The van der Waals surface area contributed by atoms with Crippen LogP contribution < -0.4 is 14.2 Å². The average Bonchev–Trinajstić information content (AvgIpc) is 2.72. The van der Waals surface area contributed by atoms with Gasteiger partial charge < -0.3 is 14.2 Å². The zero-order valence-electron chi connectivity index (χ0n) is 14.6. The van der Waals surface area contributed by atoms with Crippen molar-refractivity contribution in [3.8, 4) is 28.7 Å². The van der Waals surface area contributed by atoms with Gasteiger partial charge in [0.25, 0.3) is 0 Å². The van der Waals surface area contributed by atoms with Crippen LogP contribution in [0.2, 0.25) is 0 Å². The van der Waals surface area contributed by atoms with Gasteiger partial charge in [0.15, 0.2) is 11.6 Å². The van der Waals surface area contributed by atoms with E-state index in [1.807, 2.05) is 0 Å². The molecular weight excluding hydrogens is 376 g/mol. The van der Waals surface area contributed by atoms with Gasteiger partial charge in [0, 0.05) is 0 Å². The highest BCUT2D eigenvalue weighted by Gasteiger charge is 2.25. The van der Waals surface area contributed by atoms with Crippen molar-refractivity contribution in [2.24, 2.45) is 0 Å². The number of rotatable bonds is 6. The minimum Gasteiger partial charge on any atom is -0.497 e. The lowest BCUT2D eigenvalue weighted by Crippen LogP contribution is -2.03. The van der Waals surface area contributed by atoms with Crippen LogP contribution in [0.25, 0.3) is 6.08 Å². The van der Waals surface area contributed by atoms with Crippen LogP contribution in [0.5, 0.6) is 28.7 Å². The third-order valence-corrected chi connectivity index (χ3v) is 3.80.